The van der Waals surface area contributed by atoms with Gasteiger partial charge in [-0.05, 0) is 36.4 Å². The van der Waals surface area contributed by atoms with Crippen molar-refractivity contribution in [3.8, 4) is 22.8 Å². The van der Waals surface area contributed by atoms with Crippen LogP contribution in [0.15, 0.2) is 53.1 Å². The van der Waals surface area contributed by atoms with Gasteiger partial charge in [-0.1, -0.05) is 28.4 Å². The summed E-state index contributed by atoms with van der Waals surface area (Å²) in [6.07, 6.45) is 0. The lowest BCUT2D eigenvalue weighted by Gasteiger charge is -2.04. The Morgan fingerprint density at radius 3 is 2.39 bits per heavy atom. The molecule has 0 aliphatic rings. The molecule has 0 aliphatic carbocycles. The normalized spacial score (nSPS) is 10.6. The fourth-order valence-corrected chi connectivity index (χ4v) is 2.29. The lowest BCUT2D eigenvalue weighted by molar-refractivity contribution is 0.249. The lowest BCUT2D eigenvalue weighted by Crippen LogP contribution is -1.93. The molecule has 0 saturated carbocycles. The highest BCUT2D eigenvalue weighted by Crippen LogP contribution is 2.27. The first-order chi connectivity index (χ1) is 11.2. The lowest BCUT2D eigenvalue weighted by atomic mass is 10.1. The molecule has 4 nitrogen and oxygen atoms in total. The van der Waals surface area contributed by atoms with E-state index in [9.17, 15) is 0 Å². The van der Waals surface area contributed by atoms with Crippen LogP contribution in [0.25, 0.3) is 11.3 Å². The number of hydrogen-bond donors (Lipinski definition) is 0. The monoisotopic (exact) mass is 349 g/mol. The zero-order valence-corrected chi connectivity index (χ0v) is 13.8. The molecular formula is C17H13Cl2NO3. The summed E-state index contributed by atoms with van der Waals surface area (Å²) in [6, 6.07) is 14.5. The van der Waals surface area contributed by atoms with Crippen LogP contribution in [-0.2, 0) is 6.61 Å². The first kappa shape index (κ1) is 15.7. The average Bonchev–Trinajstić information content (AvgIpc) is 3.05. The molecular weight excluding hydrogens is 337 g/mol. The largest absolute Gasteiger partial charge is 0.497 e. The Hall–Kier alpha value is -2.17. The maximum atomic E-state index is 5.95. The van der Waals surface area contributed by atoms with Gasteiger partial charge in [0.2, 0.25) is 0 Å². The molecule has 0 saturated heterocycles. The molecule has 1 aromatic heterocycles. The standard InChI is InChI=1S/C17H13Cl2NO3/c1-21-12-4-2-11(3-5-12)17-9-14(23-20-17)10-22-13-6-7-15(18)16(19)8-13/h2-9H,10H2,1H3. The molecule has 2 aromatic carbocycles. The van der Waals surface area contributed by atoms with Gasteiger partial charge in [-0.2, -0.15) is 0 Å². The third kappa shape index (κ3) is 3.78. The predicted octanol–water partition coefficient (Wildman–Crippen LogP) is 5.24. The van der Waals surface area contributed by atoms with Crippen LogP contribution in [0, 0.1) is 0 Å². The van der Waals surface area contributed by atoms with E-state index in [2.05, 4.69) is 5.16 Å². The Morgan fingerprint density at radius 1 is 0.957 bits per heavy atom. The van der Waals surface area contributed by atoms with Gasteiger partial charge in [0.05, 0.1) is 17.2 Å². The maximum Gasteiger partial charge on any atom is 0.174 e. The van der Waals surface area contributed by atoms with Crippen molar-refractivity contribution in [2.75, 3.05) is 7.11 Å². The topological polar surface area (TPSA) is 44.5 Å². The van der Waals surface area contributed by atoms with Crippen molar-refractivity contribution in [3.63, 3.8) is 0 Å². The number of nitrogens with zero attached hydrogens (tertiary/aromatic N) is 1. The summed E-state index contributed by atoms with van der Waals surface area (Å²) in [4.78, 5) is 0. The van der Waals surface area contributed by atoms with E-state index in [0.717, 1.165) is 17.0 Å². The van der Waals surface area contributed by atoms with Gasteiger partial charge in [0.15, 0.2) is 5.76 Å². The van der Waals surface area contributed by atoms with Crippen LogP contribution in [0.3, 0.4) is 0 Å². The summed E-state index contributed by atoms with van der Waals surface area (Å²) in [5.74, 6) is 2.02. The maximum absolute atomic E-state index is 5.95. The van der Waals surface area contributed by atoms with Crippen LogP contribution in [-0.4, -0.2) is 12.3 Å². The van der Waals surface area contributed by atoms with Gasteiger partial charge >= 0.3 is 0 Å². The van der Waals surface area contributed by atoms with E-state index in [1.165, 1.54) is 0 Å². The Morgan fingerprint density at radius 2 is 1.70 bits per heavy atom. The third-order valence-electron chi connectivity index (χ3n) is 3.22. The molecule has 0 spiro atoms. The van der Waals surface area contributed by atoms with Gasteiger partial charge in [0, 0.05) is 17.7 Å². The predicted molar refractivity (Wildman–Crippen MR) is 89.3 cm³/mol. The minimum Gasteiger partial charge on any atom is -0.497 e. The zero-order chi connectivity index (χ0) is 16.2. The number of methoxy groups -OCH3 is 1. The smallest absolute Gasteiger partial charge is 0.174 e. The highest BCUT2D eigenvalue weighted by molar-refractivity contribution is 6.42. The summed E-state index contributed by atoms with van der Waals surface area (Å²) in [7, 11) is 1.63. The van der Waals surface area contributed by atoms with Crippen LogP contribution in [0.5, 0.6) is 11.5 Å². The van der Waals surface area contributed by atoms with E-state index in [-0.39, 0.29) is 6.61 Å². The molecule has 0 unspecified atom stereocenters. The van der Waals surface area contributed by atoms with Crippen molar-refractivity contribution in [2.24, 2.45) is 0 Å². The minimum absolute atomic E-state index is 0.251. The van der Waals surface area contributed by atoms with Crippen LogP contribution >= 0.6 is 23.2 Å². The van der Waals surface area contributed by atoms with Gasteiger partial charge in [-0.15, -0.1) is 0 Å². The summed E-state index contributed by atoms with van der Waals surface area (Å²) >= 11 is 11.8. The second-order valence-corrected chi connectivity index (χ2v) is 5.59. The molecule has 0 fully saturated rings. The van der Waals surface area contributed by atoms with Crippen molar-refractivity contribution < 1.29 is 14.0 Å². The fraction of sp³-hybridized carbons (Fsp3) is 0.118. The van der Waals surface area contributed by atoms with Gasteiger partial charge in [0.1, 0.15) is 23.8 Å². The van der Waals surface area contributed by atoms with Gasteiger partial charge in [-0.25, -0.2) is 0 Å². The minimum atomic E-state index is 0.251. The zero-order valence-electron chi connectivity index (χ0n) is 12.3. The van der Waals surface area contributed by atoms with Gasteiger partial charge < -0.3 is 14.0 Å². The van der Waals surface area contributed by atoms with Crippen molar-refractivity contribution in [2.45, 2.75) is 6.61 Å². The Labute approximate surface area is 143 Å². The highest BCUT2D eigenvalue weighted by atomic mass is 35.5. The molecule has 0 amide bonds. The highest BCUT2D eigenvalue weighted by Gasteiger charge is 2.08. The Kier molecular flexibility index (Phi) is 4.74. The molecule has 1 heterocycles. The van der Waals surface area contributed by atoms with E-state index in [0.29, 0.717) is 21.6 Å². The number of rotatable bonds is 5. The molecule has 3 aromatic rings. The summed E-state index contributed by atoms with van der Waals surface area (Å²) in [6.45, 7) is 0.251. The molecule has 23 heavy (non-hydrogen) atoms. The van der Waals surface area contributed by atoms with Crippen molar-refractivity contribution >= 4 is 23.2 Å². The second-order valence-electron chi connectivity index (χ2n) is 4.77. The van der Waals surface area contributed by atoms with E-state index >= 15 is 0 Å². The quantitative estimate of drug-likeness (QED) is 0.632. The number of aromatic nitrogens is 1. The molecule has 0 N–H and O–H groups in total. The number of hydrogen-bond acceptors (Lipinski definition) is 4. The van der Waals surface area contributed by atoms with Crippen molar-refractivity contribution in [1.29, 1.82) is 0 Å². The summed E-state index contributed by atoms with van der Waals surface area (Å²) in [5.41, 5.74) is 1.68. The van der Waals surface area contributed by atoms with Crippen molar-refractivity contribution in [3.05, 3.63) is 64.3 Å². The molecule has 0 bridgehead atoms. The summed E-state index contributed by atoms with van der Waals surface area (Å²) in [5, 5.41) is 4.97. The van der Waals surface area contributed by atoms with Crippen LogP contribution in [0.1, 0.15) is 5.76 Å². The fourth-order valence-electron chi connectivity index (χ4n) is 2.00. The number of halogens is 2. The second kappa shape index (κ2) is 6.94. The summed E-state index contributed by atoms with van der Waals surface area (Å²) < 4.78 is 16.0. The molecule has 118 valence electrons. The SMILES string of the molecule is COc1ccc(-c2cc(COc3ccc(Cl)c(Cl)c3)on2)cc1. The molecule has 0 atom stereocenters. The van der Waals surface area contributed by atoms with E-state index in [4.69, 9.17) is 37.2 Å². The van der Waals surface area contributed by atoms with E-state index in [1.54, 1.807) is 25.3 Å². The van der Waals surface area contributed by atoms with Gasteiger partial charge in [-0.3, -0.25) is 0 Å². The van der Waals surface area contributed by atoms with Crippen molar-refractivity contribution in [1.82, 2.24) is 5.16 Å². The first-order valence-electron chi connectivity index (χ1n) is 6.83. The number of benzene rings is 2. The number of ether oxygens (including phenoxy) is 2. The van der Waals surface area contributed by atoms with E-state index in [1.807, 2.05) is 30.3 Å². The molecule has 6 heteroatoms. The Balaban J connectivity index is 1.67. The average molecular weight is 350 g/mol. The van der Waals surface area contributed by atoms with Crippen LogP contribution in [0.2, 0.25) is 10.0 Å². The van der Waals surface area contributed by atoms with E-state index < -0.39 is 0 Å². The first-order valence-corrected chi connectivity index (χ1v) is 7.59. The van der Waals surface area contributed by atoms with Gasteiger partial charge in [0.25, 0.3) is 0 Å². The molecule has 0 radical (unpaired) electrons. The third-order valence-corrected chi connectivity index (χ3v) is 3.96. The molecule has 3 rings (SSSR count). The van der Waals surface area contributed by atoms with Crippen LogP contribution < -0.4 is 9.47 Å². The molecule has 0 aliphatic heterocycles. The van der Waals surface area contributed by atoms with Crippen LogP contribution in [0.4, 0.5) is 0 Å². The Bertz CT molecular complexity index is 800.